The van der Waals surface area contributed by atoms with Gasteiger partial charge in [0, 0.05) is 32.2 Å². The summed E-state index contributed by atoms with van der Waals surface area (Å²) in [6.07, 6.45) is 0.0287. The Morgan fingerprint density at radius 3 is 2.73 bits per heavy atom. The molecule has 1 aliphatic rings. The molecule has 164 valence electrons. The predicted octanol–water partition coefficient (Wildman–Crippen LogP) is 3.96. The second-order valence-corrected chi connectivity index (χ2v) is 7.73. The van der Waals surface area contributed by atoms with Crippen LogP contribution in [0.2, 0.25) is 0 Å². The van der Waals surface area contributed by atoms with E-state index >= 15 is 0 Å². The van der Waals surface area contributed by atoms with Gasteiger partial charge in [-0.15, -0.1) is 24.0 Å². The van der Waals surface area contributed by atoms with Gasteiger partial charge in [-0.25, -0.2) is 4.39 Å². The van der Waals surface area contributed by atoms with Crippen LogP contribution < -0.4 is 5.32 Å². The largest absolute Gasteiger partial charge is 0.370 e. The van der Waals surface area contributed by atoms with Gasteiger partial charge in [-0.3, -0.25) is 4.99 Å². The molecule has 1 heterocycles. The van der Waals surface area contributed by atoms with Gasteiger partial charge in [-0.05, 0) is 49.8 Å². The minimum Gasteiger partial charge on any atom is -0.370 e. The molecule has 7 heteroatoms. The smallest absolute Gasteiger partial charge is 0.194 e. The van der Waals surface area contributed by atoms with Crippen LogP contribution in [0.1, 0.15) is 28.4 Å². The van der Waals surface area contributed by atoms with Crippen LogP contribution in [-0.4, -0.2) is 56.6 Å². The number of hydrogen-bond donors (Lipinski definition) is 1. The molecule has 1 atom stereocenters. The van der Waals surface area contributed by atoms with Gasteiger partial charge in [0.1, 0.15) is 11.9 Å². The Bertz CT molecular complexity index is 859. The maximum Gasteiger partial charge on any atom is 0.194 e. The Morgan fingerprint density at radius 1 is 1.27 bits per heavy atom. The Balaban J connectivity index is 0.00000320. The molecule has 1 aliphatic heterocycles. The number of aryl methyl sites for hydroxylation is 1. The van der Waals surface area contributed by atoms with Crippen molar-refractivity contribution < 1.29 is 9.13 Å². The zero-order valence-electron chi connectivity index (χ0n) is 18.2. The van der Waals surface area contributed by atoms with Crippen LogP contribution >= 0.6 is 24.0 Å². The Labute approximate surface area is 196 Å². The number of rotatable bonds is 5. The van der Waals surface area contributed by atoms with E-state index in [0.717, 1.165) is 24.6 Å². The van der Waals surface area contributed by atoms with Crippen molar-refractivity contribution in [2.75, 3.05) is 40.8 Å². The number of guanidine groups is 1. The van der Waals surface area contributed by atoms with Crippen LogP contribution in [0.3, 0.4) is 0 Å². The normalized spacial score (nSPS) is 17.1. The molecule has 0 aliphatic carbocycles. The fourth-order valence-corrected chi connectivity index (χ4v) is 3.69. The molecule has 1 saturated heterocycles. The van der Waals surface area contributed by atoms with E-state index < -0.39 is 0 Å². The number of nitrogens with zero attached hydrogens (tertiary/aromatic N) is 3. The van der Waals surface area contributed by atoms with Gasteiger partial charge in [-0.2, -0.15) is 0 Å². The molecule has 0 amide bonds. The van der Waals surface area contributed by atoms with Gasteiger partial charge in [0.2, 0.25) is 0 Å². The molecule has 0 radical (unpaired) electrons. The molecule has 2 aromatic rings. The Morgan fingerprint density at radius 2 is 2.03 bits per heavy atom. The summed E-state index contributed by atoms with van der Waals surface area (Å²) >= 11 is 0. The third-order valence-electron chi connectivity index (χ3n) is 5.16. The third kappa shape index (κ3) is 6.39. The third-order valence-corrected chi connectivity index (χ3v) is 5.16. The molecule has 5 nitrogen and oxygen atoms in total. The van der Waals surface area contributed by atoms with Crippen LogP contribution in [0.15, 0.2) is 47.5 Å². The summed E-state index contributed by atoms with van der Waals surface area (Å²) < 4.78 is 20.1. The maximum atomic E-state index is 14.0. The zero-order chi connectivity index (χ0) is 20.8. The maximum absolute atomic E-state index is 14.0. The van der Waals surface area contributed by atoms with Crippen LogP contribution in [-0.2, 0) is 17.8 Å². The van der Waals surface area contributed by atoms with Crippen molar-refractivity contribution >= 4 is 29.9 Å². The second-order valence-electron chi connectivity index (χ2n) is 7.73. The fourth-order valence-electron chi connectivity index (χ4n) is 3.69. The van der Waals surface area contributed by atoms with Crippen molar-refractivity contribution in [2.24, 2.45) is 4.99 Å². The molecule has 0 bridgehead atoms. The summed E-state index contributed by atoms with van der Waals surface area (Å²) in [5.74, 6) is 0.673. The van der Waals surface area contributed by atoms with Gasteiger partial charge < -0.3 is 19.9 Å². The Hall–Kier alpha value is -1.71. The highest BCUT2D eigenvalue weighted by Crippen LogP contribution is 2.25. The number of nitrogens with one attached hydrogen (secondary N) is 1. The lowest BCUT2D eigenvalue weighted by Crippen LogP contribution is -2.48. The minimum atomic E-state index is -0.166. The van der Waals surface area contributed by atoms with Crippen LogP contribution in [0.25, 0.3) is 0 Å². The SMILES string of the molecule is CN=C(NCc1ccc(F)c(CN(C)C)c1)N1CCOC(c2ccccc2C)C1.I. The number of halogens is 2. The predicted molar refractivity (Wildman–Crippen MR) is 131 cm³/mol. The summed E-state index contributed by atoms with van der Waals surface area (Å²) in [5.41, 5.74) is 4.20. The summed E-state index contributed by atoms with van der Waals surface area (Å²) in [6, 6.07) is 13.6. The van der Waals surface area contributed by atoms with Crippen molar-refractivity contribution in [3.63, 3.8) is 0 Å². The number of hydrogen-bond acceptors (Lipinski definition) is 3. The molecule has 3 rings (SSSR count). The van der Waals surface area contributed by atoms with E-state index in [4.69, 9.17) is 4.74 Å². The lowest BCUT2D eigenvalue weighted by Gasteiger charge is -2.35. The highest BCUT2D eigenvalue weighted by atomic mass is 127. The van der Waals surface area contributed by atoms with E-state index in [1.807, 2.05) is 37.2 Å². The van der Waals surface area contributed by atoms with Crippen molar-refractivity contribution in [1.29, 1.82) is 0 Å². The molecular weight excluding hydrogens is 494 g/mol. The van der Waals surface area contributed by atoms with Crippen molar-refractivity contribution in [3.8, 4) is 0 Å². The monoisotopic (exact) mass is 526 g/mol. The van der Waals surface area contributed by atoms with Gasteiger partial charge in [0.25, 0.3) is 0 Å². The molecule has 0 spiro atoms. The van der Waals surface area contributed by atoms with E-state index in [1.54, 1.807) is 13.1 Å². The first-order chi connectivity index (χ1) is 14.0. The molecular formula is C23H32FIN4O. The van der Waals surface area contributed by atoms with E-state index in [9.17, 15) is 4.39 Å². The van der Waals surface area contributed by atoms with Crippen LogP contribution in [0.5, 0.6) is 0 Å². The van der Waals surface area contributed by atoms with Gasteiger partial charge >= 0.3 is 0 Å². The first kappa shape index (κ1) is 24.6. The summed E-state index contributed by atoms with van der Waals surface area (Å²) in [4.78, 5) is 8.65. The molecule has 1 N–H and O–H groups in total. The lowest BCUT2D eigenvalue weighted by molar-refractivity contribution is -0.00833. The average molecular weight is 526 g/mol. The van der Waals surface area contributed by atoms with E-state index in [-0.39, 0.29) is 35.9 Å². The molecule has 0 saturated carbocycles. The molecule has 2 aromatic carbocycles. The first-order valence-corrected chi connectivity index (χ1v) is 10.0. The quantitative estimate of drug-likeness (QED) is 0.364. The van der Waals surface area contributed by atoms with Crippen LogP contribution in [0, 0.1) is 12.7 Å². The topological polar surface area (TPSA) is 40.1 Å². The zero-order valence-corrected chi connectivity index (χ0v) is 20.5. The number of morpholine rings is 1. The van der Waals surface area contributed by atoms with Crippen LogP contribution in [0.4, 0.5) is 4.39 Å². The summed E-state index contributed by atoms with van der Waals surface area (Å²) in [7, 11) is 5.67. The fraction of sp³-hybridized carbons (Fsp3) is 0.435. The summed E-state index contributed by atoms with van der Waals surface area (Å²) in [6.45, 7) is 5.49. The number of benzene rings is 2. The second kappa shape index (κ2) is 11.6. The Kier molecular flexibility index (Phi) is 9.51. The van der Waals surface area contributed by atoms with Crippen molar-refractivity contribution in [3.05, 3.63) is 70.5 Å². The van der Waals surface area contributed by atoms with E-state index in [2.05, 4.69) is 40.3 Å². The first-order valence-electron chi connectivity index (χ1n) is 10.0. The van der Waals surface area contributed by atoms with Gasteiger partial charge in [0.05, 0.1) is 13.2 Å². The average Bonchev–Trinajstić information content (AvgIpc) is 2.71. The van der Waals surface area contributed by atoms with Gasteiger partial charge in [0.15, 0.2) is 5.96 Å². The van der Waals surface area contributed by atoms with Gasteiger partial charge in [-0.1, -0.05) is 30.3 Å². The summed E-state index contributed by atoms with van der Waals surface area (Å²) in [5, 5.41) is 3.43. The standard InChI is InChI=1S/C23H31FN4O.HI/c1-17-7-5-6-8-20(17)22-16-28(11-12-29-22)23(25-2)26-14-18-9-10-21(24)19(13-18)15-27(3)4;/h5-10,13,22H,11-12,14-16H2,1-4H3,(H,25,26);1H. The van der Waals surface area contributed by atoms with E-state index in [0.29, 0.717) is 25.3 Å². The van der Waals surface area contributed by atoms with Crippen molar-refractivity contribution in [1.82, 2.24) is 15.1 Å². The lowest BCUT2D eigenvalue weighted by atomic mass is 10.0. The molecule has 0 aromatic heterocycles. The number of ether oxygens (including phenoxy) is 1. The molecule has 1 fully saturated rings. The molecule has 1 unspecified atom stereocenters. The number of aliphatic imine (C=N–C) groups is 1. The highest BCUT2D eigenvalue weighted by Gasteiger charge is 2.25. The molecule has 30 heavy (non-hydrogen) atoms. The van der Waals surface area contributed by atoms with E-state index in [1.165, 1.54) is 11.1 Å². The van der Waals surface area contributed by atoms with Crippen molar-refractivity contribution in [2.45, 2.75) is 26.1 Å². The highest BCUT2D eigenvalue weighted by molar-refractivity contribution is 14.0. The minimum absolute atomic E-state index is 0.